The lowest BCUT2D eigenvalue weighted by Gasteiger charge is -2.23. The number of anilines is 2. The van der Waals surface area contributed by atoms with Crippen molar-refractivity contribution in [1.82, 2.24) is 5.32 Å². The van der Waals surface area contributed by atoms with Crippen molar-refractivity contribution >= 4 is 34.1 Å². The summed E-state index contributed by atoms with van der Waals surface area (Å²) < 4.78 is 13.4. The molecule has 5 nitrogen and oxygen atoms in total. The molecule has 0 radical (unpaired) electrons. The minimum atomic E-state index is -0.380. The first kappa shape index (κ1) is 22.0. The number of rotatable bonds is 6. The molecule has 0 heterocycles. The van der Waals surface area contributed by atoms with Crippen LogP contribution in [-0.4, -0.2) is 25.0 Å². The molecule has 4 aromatic carbocycles. The van der Waals surface area contributed by atoms with Crippen LogP contribution in [0.5, 0.6) is 0 Å². The number of hydrogen-bond donors (Lipinski definition) is 2. The third kappa shape index (κ3) is 5.36. The van der Waals surface area contributed by atoms with E-state index in [1.807, 2.05) is 61.5 Å². The molecule has 0 fully saturated rings. The second-order valence-corrected chi connectivity index (χ2v) is 7.71. The van der Waals surface area contributed by atoms with Crippen LogP contribution in [0.4, 0.5) is 20.6 Å². The number of aryl methyl sites for hydroxylation is 1. The summed E-state index contributed by atoms with van der Waals surface area (Å²) in [6.45, 7) is 2.39. The standard InChI is InChI=1S/C27H24FN3O2/c1-19-9-11-21(12-10-19)26(32)31(23-15-13-22(28)14-16-23)18-17-29-27(33)30-25-8-4-6-20-5-2-3-7-24(20)25/h2-16H,17-18H2,1H3,(H2,29,30,33). The van der Waals surface area contributed by atoms with Gasteiger partial charge in [-0.15, -0.1) is 0 Å². The Bertz CT molecular complexity index is 1270. The van der Waals surface area contributed by atoms with Crippen molar-refractivity contribution in [2.24, 2.45) is 0 Å². The molecule has 4 aromatic rings. The number of nitrogens with one attached hydrogen (secondary N) is 2. The van der Waals surface area contributed by atoms with E-state index in [0.717, 1.165) is 16.3 Å². The van der Waals surface area contributed by atoms with Gasteiger partial charge in [-0.05, 0) is 54.8 Å². The zero-order valence-corrected chi connectivity index (χ0v) is 18.2. The topological polar surface area (TPSA) is 61.4 Å². The number of benzene rings is 4. The fraction of sp³-hybridized carbons (Fsp3) is 0.111. The van der Waals surface area contributed by atoms with Crippen molar-refractivity contribution in [3.05, 3.63) is 108 Å². The summed E-state index contributed by atoms with van der Waals surface area (Å²) in [5.74, 6) is -0.605. The van der Waals surface area contributed by atoms with Gasteiger partial charge in [0.25, 0.3) is 5.91 Å². The molecule has 33 heavy (non-hydrogen) atoms. The van der Waals surface area contributed by atoms with Gasteiger partial charge in [0.1, 0.15) is 5.82 Å². The number of carbonyl (C=O) groups is 2. The van der Waals surface area contributed by atoms with Gasteiger partial charge in [-0.25, -0.2) is 9.18 Å². The van der Waals surface area contributed by atoms with Gasteiger partial charge in [0, 0.05) is 29.7 Å². The van der Waals surface area contributed by atoms with Gasteiger partial charge in [-0.2, -0.15) is 0 Å². The van der Waals surface area contributed by atoms with Crippen LogP contribution in [0.1, 0.15) is 15.9 Å². The lowest BCUT2D eigenvalue weighted by Crippen LogP contribution is -2.40. The Hall–Kier alpha value is -4.19. The minimum Gasteiger partial charge on any atom is -0.336 e. The average Bonchev–Trinajstić information content (AvgIpc) is 2.83. The highest BCUT2D eigenvalue weighted by Crippen LogP contribution is 2.23. The second-order valence-electron chi connectivity index (χ2n) is 7.71. The first-order chi connectivity index (χ1) is 16.0. The molecule has 0 atom stereocenters. The average molecular weight is 442 g/mol. The van der Waals surface area contributed by atoms with E-state index in [4.69, 9.17) is 0 Å². The molecule has 0 aliphatic rings. The SMILES string of the molecule is Cc1ccc(C(=O)N(CCNC(=O)Nc2cccc3ccccc23)c2ccc(F)cc2)cc1. The molecule has 166 valence electrons. The summed E-state index contributed by atoms with van der Waals surface area (Å²) in [6, 6.07) is 26.1. The highest BCUT2D eigenvalue weighted by molar-refractivity contribution is 6.06. The van der Waals surface area contributed by atoms with Crippen LogP contribution in [0, 0.1) is 12.7 Å². The number of halogens is 1. The lowest BCUT2D eigenvalue weighted by molar-refractivity contribution is 0.0987. The summed E-state index contributed by atoms with van der Waals surface area (Å²) >= 11 is 0. The number of carbonyl (C=O) groups excluding carboxylic acids is 2. The normalized spacial score (nSPS) is 10.6. The van der Waals surface area contributed by atoms with Crippen molar-refractivity contribution < 1.29 is 14.0 Å². The van der Waals surface area contributed by atoms with Crippen LogP contribution in [0.3, 0.4) is 0 Å². The third-order valence-electron chi connectivity index (χ3n) is 5.34. The predicted molar refractivity (Wildman–Crippen MR) is 130 cm³/mol. The van der Waals surface area contributed by atoms with Crippen LogP contribution >= 0.6 is 0 Å². The van der Waals surface area contributed by atoms with E-state index >= 15 is 0 Å². The molecule has 2 N–H and O–H groups in total. The van der Waals surface area contributed by atoms with Gasteiger partial charge in [0.15, 0.2) is 0 Å². The van der Waals surface area contributed by atoms with Gasteiger partial charge in [-0.1, -0.05) is 54.1 Å². The number of fused-ring (bicyclic) bond motifs is 1. The highest BCUT2D eigenvalue weighted by Gasteiger charge is 2.18. The Morgan fingerprint density at radius 2 is 1.55 bits per heavy atom. The van der Waals surface area contributed by atoms with E-state index in [2.05, 4.69) is 10.6 Å². The summed E-state index contributed by atoms with van der Waals surface area (Å²) in [5.41, 5.74) is 2.83. The molecular formula is C27H24FN3O2. The predicted octanol–water partition coefficient (Wildman–Crippen LogP) is 5.76. The Balaban J connectivity index is 1.45. The summed E-state index contributed by atoms with van der Waals surface area (Å²) in [7, 11) is 0. The highest BCUT2D eigenvalue weighted by atomic mass is 19.1. The van der Waals surface area contributed by atoms with Gasteiger partial charge in [0.2, 0.25) is 0 Å². The Kier molecular flexibility index (Phi) is 6.64. The zero-order chi connectivity index (χ0) is 23.2. The van der Waals surface area contributed by atoms with E-state index in [-0.39, 0.29) is 30.8 Å². The summed E-state index contributed by atoms with van der Waals surface area (Å²) in [6.07, 6.45) is 0. The Morgan fingerprint density at radius 3 is 2.30 bits per heavy atom. The van der Waals surface area contributed by atoms with E-state index in [1.54, 1.807) is 24.3 Å². The van der Waals surface area contributed by atoms with E-state index < -0.39 is 0 Å². The monoisotopic (exact) mass is 441 g/mol. The van der Waals surface area contributed by atoms with Gasteiger partial charge < -0.3 is 15.5 Å². The quantitative estimate of drug-likeness (QED) is 0.400. The number of urea groups is 1. The molecular weight excluding hydrogens is 417 g/mol. The molecule has 0 aromatic heterocycles. The zero-order valence-electron chi connectivity index (χ0n) is 18.2. The first-order valence-electron chi connectivity index (χ1n) is 10.7. The molecule has 0 aliphatic heterocycles. The fourth-order valence-electron chi connectivity index (χ4n) is 3.60. The largest absolute Gasteiger partial charge is 0.336 e. The van der Waals surface area contributed by atoms with E-state index in [1.165, 1.54) is 17.0 Å². The van der Waals surface area contributed by atoms with Crippen LogP contribution in [0.15, 0.2) is 91.0 Å². The van der Waals surface area contributed by atoms with Crippen LogP contribution in [0.25, 0.3) is 10.8 Å². The maximum atomic E-state index is 13.4. The molecule has 0 aliphatic carbocycles. The lowest BCUT2D eigenvalue weighted by atomic mass is 10.1. The van der Waals surface area contributed by atoms with Crippen molar-refractivity contribution in [2.75, 3.05) is 23.3 Å². The van der Waals surface area contributed by atoms with Gasteiger partial charge in [-0.3, -0.25) is 4.79 Å². The molecule has 0 spiro atoms. The number of amides is 3. The summed E-state index contributed by atoms with van der Waals surface area (Å²) in [5, 5.41) is 7.65. The van der Waals surface area contributed by atoms with E-state index in [0.29, 0.717) is 16.9 Å². The Morgan fingerprint density at radius 1 is 0.848 bits per heavy atom. The summed E-state index contributed by atoms with van der Waals surface area (Å²) in [4.78, 5) is 27.2. The van der Waals surface area contributed by atoms with Crippen molar-refractivity contribution in [3.63, 3.8) is 0 Å². The van der Waals surface area contributed by atoms with Crippen LogP contribution in [0.2, 0.25) is 0 Å². The second kappa shape index (κ2) is 9.96. The minimum absolute atomic E-state index is 0.214. The van der Waals surface area contributed by atoms with Crippen molar-refractivity contribution in [3.8, 4) is 0 Å². The maximum Gasteiger partial charge on any atom is 0.319 e. The first-order valence-corrected chi connectivity index (χ1v) is 10.7. The number of hydrogen-bond acceptors (Lipinski definition) is 2. The van der Waals surface area contributed by atoms with Gasteiger partial charge >= 0.3 is 6.03 Å². The van der Waals surface area contributed by atoms with Crippen molar-refractivity contribution in [2.45, 2.75) is 6.92 Å². The van der Waals surface area contributed by atoms with E-state index in [9.17, 15) is 14.0 Å². The molecule has 4 rings (SSSR count). The van der Waals surface area contributed by atoms with Crippen molar-refractivity contribution in [1.29, 1.82) is 0 Å². The molecule has 3 amide bonds. The molecule has 0 bridgehead atoms. The number of nitrogens with zero attached hydrogens (tertiary/aromatic N) is 1. The molecule has 0 unspecified atom stereocenters. The molecule has 6 heteroatoms. The van der Waals surface area contributed by atoms with Crippen LogP contribution in [-0.2, 0) is 0 Å². The fourth-order valence-corrected chi connectivity index (χ4v) is 3.60. The van der Waals surface area contributed by atoms with Gasteiger partial charge in [0.05, 0.1) is 5.69 Å². The third-order valence-corrected chi connectivity index (χ3v) is 5.34. The maximum absolute atomic E-state index is 13.4. The molecule has 0 saturated carbocycles. The molecule has 0 saturated heterocycles. The smallest absolute Gasteiger partial charge is 0.319 e. The van der Waals surface area contributed by atoms with Crippen LogP contribution < -0.4 is 15.5 Å². The Labute approximate surface area is 191 Å².